The minimum absolute atomic E-state index is 0.00178. The molecule has 0 atom stereocenters. The molecule has 4 nitrogen and oxygen atoms in total. The third-order valence-corrected chi connectivity index (χ3v) is 1.83. The molecule has 1 aromatic carbocycles. The Morgan fingerprint density at radius 2 is 1.93 bits per heavy atom. The summed E-state index contributed by atoms with van der Waals surface area (Å²) in [5.74, 6) is -0.482. The first-order valence-electron chi connectivity index (χ1n) is 3.97. The molecule has 0 unspecified atom stereocenters. The second-order valence-electron chi connectivity index (χ2n) is 2.82. The Bertz CT molecular complexity index is 450. The van der Waals surface area contributed by atoms with E-state index in [2.05, 4.69) is 5.10 Å². The number of aromatic hydroxyl groups is 1. The van der Waals surface area contributed by atoms with Gasteiger partial charge in [0.05, 0.1) is 11.9 Å². The number of phenols is 1. The number of hydrogen-bond acceptors (Lipinski definition) is 3. The molecule has 5 heteroatoms. The Labute approximate surface area is 79.4 Å². The van der Waals surface area contributed by atoms with Gasteiger partial charge in [0.15, 0.2) is 0 Å². The maximum atomic E-state index is 13.3. The fourth-order valence-corrected chi connectivity index (χ4v) is 1.12. The number of aromatic nitrogens is 2. The van der Waals surface area contributed by atoms with Gasteiger partial charge in [0.1, 0.15) is 11.4 Å². The van der Waals surface area contributed by atoms with Gasteiger partial charge in [0, 0.05) is 0 Å². The van der Waals surface area contributed by atoms with Gasteiger partial charge in [-0.25, -0.2) is 4.68 Å². The normalized spacial score (nSPS) is 10.4. The van der Waals surface area contributed by atoms with Crippen LogP contribution in [-0.2, 0) is 0 Å². The highest BCUT2D eigenvalue weighted by Gasteiger charge is 2.08. The Morgan fingerprint density at radius 1 is 1.29 bits per heavy atom. The zero-order valence-corrected chi connectivity index (χ0v) is 7.18. The number of hydrogen-bond donors (Lipinski definition) is 2. The lowest BCUT2D eigenvalue weighted by atomic mass is 10.3. The maximum Gasteiger partial charge on any atom is 0.239 e. The van der Waals surface area contributed by atoms with Crippen molar-refractivity contribution in [2.75, 3.05) is 5.73 Å². The van der Waals surface area contributed by atoms with Crippen LogP contribution in [0.25, 0.3) is 5.69 Å². The summed E-state index contributed by atoms with van der Waals surface area (Å²) in [5, 5.41) is 12.8. The zero-order chi connectivity index (χ0) is 10.1. The second kappa shape index (κ2) is 3.02. The summed E-state index contributed by atoms with van der Waals surface area (Å²) in [5.41, 5.74) is 5.81. The molecule has 72 valence electrons. The van der Waals surface area contributed by atoms with Gasteiger partial charge in [-0.15, -0.1) is 0 Å². The van der Waals surface area contributed by atoms with Crippen LogP contribution in [0.15, 0.2) is 30.5 Å². The lowest BCUT2D eigenvalue weighted by molar-refractivity contribution is 0.474. The Morgan fingerprint density at radius 3 is 2.43 bits per heavy atom. The lowest BCUT2D eigenvalue weighted by Gasteiger charge is -2.01. The van der Waals surface area contributed by atoms with Crippen LogP contribution in [0, 0.1) is 5.95 Å². The van der Waals surface area contributed by atoms with Crippen LogP contribution in [-0.4, -0.2) is 14.9 Å². The molecule has 0 saturated carbocycles. The average molecular weight is 193 g/mol. The number of anilines is 1. The van der Waals surface area contributed by atoms with Crippen molar-refractivity contribution in [1.82, 2.24) is 9.78 Å². The molecule has 0 bridgehead atoms. The van der Waals surface area contributed by atoms with Crippen molar-refractivity contribution in [3.63, 3.8) is 0 Å². The fraction of sp³-hybridized carbons (Fsp3) is 0. The molecule has 2 rings (SSSR count). The first-order valence-corrected chi connectivity index (χ1v) is 3.97. The number of rotatable bonds is 1. The first kappa shape index (κ1) is 8.55. The number of nitrogens with zero attached hydrogens (tertiary/aromatic N) is 2. The molecule has 1 aromatic heterocycles. The molecule has 14 heavy (non-hydrogen) atoms. The molecule has 0 spiro atoms. The van der Waals surface area contributed by atoms with Crippen molar-refractivity contribution in [3.05, 3.63) is 36.4 Å². The van der Waals surface area contributed by atoms with E-state index in [1.807, 2.05) is 0 Å². The zero-order valence-electron chi connectivity index (χ0n) is 7.18. The van der Waals surface area contributed by atoms with E-state index in [1.165, 1.54) is 18.3 Å². The van der Waals surface area contributed by atoms with Crippen molar-refractivity contribution in [2.45, 2.75) is 0 Å². The largest absolute Gasteiger partial charge is 0.508 e. The van der Waals surface area contributed by atoms with E-state index < -0.39 is 5.95 Å². The average Bonchev–Trinajstić information content (AvgIpc) is 2.50. The van der Waals surface area contributed by atoms with Gasteiger partial charge in [-0.3, -0.25) is 0 Å². The highest BCUT2D eigenvalue weighted by atomic mass is 19.1. The molecule has 0 radical (unpaired) electrons. The molecule has 3 N–H and O–H groups in total. The van der Waals surface area contributed by atoms with Gasteiger partial charge >= 0.3 is 0 Å². The number of nitrogens with two attached hydrogens (primary N) is 1. The van der Waals surface area contributed by atoms with Crippen LogP contribution in [0.1, 0.15) is 0 Å². The topological polar surface area (TPSA) is 64.1 Å². The van der Waals surface area contributed by atoms with Gasteiger partial charge in [0.25, 0.3) is 0 Å². The van der Waals surface area contributed by atoms with Crippen molar-refractivity contribution in [3.8, 4) is 11.4 Å². The summed E-state index contributed by atoms with van der Waals surface area (Å²) in [6.07, 6.45) is 1.24. The van der Waals surface area contributed by atoms with Crippen LogP contribution >= 0.6 is 0 Å². The van der Waals surface area contributed by atoms with Gasteiger partial charge in [-0.1, -0.05) is 0 Å². The van der Waals surface area contributed by atoms with E-state index in [9.17, 15) is 4.39 Å². The molecule has 0 aliphatic rings. The van der Waals surface area contributed by atoms with Gasteiger partial charge in [-0.2, -0.15) is 9.49 Å². The molecular formula is C9H8FN3O. The predicted octanol–water partition coefficient (Wildman–Crippen LogP) is 1.30. The standard InChI is InChI=1S/C9H8FN3O/c10-9-8(11)5-12-13(9)6-1-3-7(14)4-2-6/h1-5,14H,11H2. The van der Waals surface area contributed by atoms with E-state index in [0.29, 0.717) is 5.69 Å². The fourth-order valence-electron chi connectivity index (χ4n) is 1.12. The first-order chi connectivity index (χ1) is 6.68. The van der Waals surface area contributed by atoms with Crippen LogP contribution in [0.2, 0.25) is 0 Å². The number of benzene rings is 1. The number of halogens is 1. The van der Waals surface area contributed by atoms with Crippen LogP contribution in [0.3, 0.4) is 0 Å². The van der Waals surface area contributed by atoms with Crippen LogP contribution in [0.5, 0.6) is 5.75 Å². The van der Waals surface area contributed by atoms with E-state index in [0.717, 1.165) is 4.68 Å². The number of phenolic OH excluding ortho intramolecular Hbond substituents is 1. The predicted molar refractivity (Wildman–Crippen MR) is 49.6 cm³/mol. The van der Waals surface area contributed by atoms with E-state index in [-0.39, 0.29) is 11.4 Å². The minimum atomic E-state index is -0.601. The van der Waals surface area contributed by atoms with Crippen LogP contribution < -0.4 is 5.73 Å². The van der Waals surface area contributed by atoms with Crippen molar-refractivity contribution >= 4 is 5.69 Å². The highest BCUT2D eigenvalue weighted by molar-refractivity contribution is 5.41. The third kappa shape index (κ3) is 1.28. The van der Waals surface area contributed by atoms with Gasteiger partial charge in [-0.05, 0) is 24.3 Å². The van der Waals surface area contributed by atoms with Crippen LogP contribution in [0.4, 0.5) is 10.1 Å². The molecular weight excluding hydrogens is 185 g/mol. The molecule has 0 fully saturated rings. The smallest absolute Gasteiger partial charge is 0.239 e. The van der Waals surface area contributed by atoms with Crippen molar-refractivity contribution in [2.24, 2.45) is 0 Å². The Kier molecular flexibility index (Phi) is 1.85. The lowest BCUT2D eigenvalue weighted by Crippen LogP contribution is -2.00. The summed E-state index contributed by atoms with van der Waals surface area (Å²) in [6.45, 7) is 0. The second-order valence-corrected chi connectivity index (χ2v) is 2.82. The monoisotopic (exact) mass is 193 g/mol. The van der Waals surface area contributed by atoms with E-state index >= 15 is 0 Å². The molecule has 2 aromatic rings. The highest BCUT2D eigenvalue weighted by Crippen LogP contribution is 2.17. The molecule has 0 amide bonds. The van der Waals surface area contributed by atoms with Gasteiger partial charge in [0.2, 0.25) is 5.95 Å². The molecule has 1 heterocycles. The van der Waals surface area contributed by atoms with E-state index in [4.69, 9.17) is 10.8 Å². The van der Waals surface area contributed by atoms with Gasteiger partial charge < -0.3 is 10.8 Å². The molecule has 0 aliphatic carbocycles. The third-order valence-electron chi connectivity index (χ3n) is 1.83. The quantitative estimate of drug-likeness (QED) is 0.717. The van der Waals surface area contributed by atoms with Crippen molar-refractivity contribution < 1.29 is 9.50 Å². The summed E-state index contributed by atoms with van der Waals surface area (Å²) in [6, 6.07) is 6.00. The molecule has 0 saturated heterocycles. The summed E-state index contributed by atoms with van der Waals surface area (Å²) < 4.78 is 14.3. The minimum Gasteiger partial charge on any atom is -0.508 e. The summed E-state index contributed by atoms with van der Waals surface area (Å²) in [4.78, 5) is 0. The Balaban J connectivity index is 2.49. The Hall–Kier alpha value is -2.04. The summed E-state index contributed by atoms with van der Waals surface area (Å²) in [7, 11) is 0. The molecule has 0 aliphatic heterocycles. The summed E-state index contributed by atoms with van der Waals surface area (Å²) >= 11 is 0. The SMILES string of the molecule is Nc1cnn(-c2ccc(O)cc2)c1F. The van der Waals surface area contributed by atoms with Crippen molar-refractivity contribution in [1.29, 1.82) is 0 Å². The number of nitrogen functional groups attached to an aromatic ring is 1. The van der Waals surface area contributed by atoms with E-state index in [1.54, 1.807) is 12.1 Å². The maximum absolute atomic E-state index is 13.3.